The van der Waals surface area contributed by atoms with E-state index in [2.05, 4.69) is 23.2 Å². The van der Waals surface area contributed by atoms with E-state index >= 15 is 0 Å². The van der Waals surface area contributed by atoms with Crippen LogP contribution in [-0.2, 0) is 6.42 Å². The molecule has 1 aromatic heterocycles. The van der Waals surface area contributed by atoms with Gasteiger partial charge >= 0.3 is 0 Å². The lowest BCUT2D eigenvalue weighted by Gasteiger charge is -2.26. The number of nitrogens with one attached hydrogen (secondary N) is 1. The molecule has 1 aliphatic heterocycles. The van der Waals surface area contributed by atoms with Gasteiger partial charge in [0, 0.05) is 17.3 Å². The SMILES string of the molecule is CCCCc1[nH]nc2c1[C@H](c1cc(OC)c(OC)cc1OC)C(C#N)=C(N)O2. The van der Waals surface area contributed by atoms with Gasteiger partial charge in [0.2, 0.25) is 11.8 Å². The highest BCUT2D eigenvalue weighted by Crippen LogP contribution is 2.48. The Balaban J connectivity index is 2.25. The molecule has 8 nitrogen and oxygen atoms in total. The van der Waals surface area contributed by atoms with Gasteiger partial charge in [0.1, 0.15) is 17.4 Å². The first-order valence-electron chi connectivity index (χ1n) is 9.04. The molecule has 0 saturated carbocycles. The highest BCUT2D eigenvalue weighted by molar-refractivity contribution is 5.61. The summed E-state index contributed by atoms with van der Waals surface area (Å²) in [6.07, 6.45) is 2.79. The van der Waals surface area contributed by atoms with Crippen molar-refractivity contribution in [1.82, 2.24) is 10.2 Å². The lowest BCUT2D eigenvalue weighted by molar-refractivity contribution is 0.346. The first-order chi connectivity index (χ1) is 13.6. The third-order valence-electron chi connectivity index (χ3n) is 4.85. The highest BCUT2D eigenvalue weighted by atomic mass is 16.5. The van der Waals surface area contributed by atoms with E-state index in [1.165, 1.54) is 0 Å². The van der Waals surface area contributed by atoms with Crippen molar-refractivity contribution in [2.75, 3.05) is 21.3 Å². The zero-order valence-corrected chi connectivity index (χ0v) is 16.5. The average molecular weight is 384 g/mol. The molecule has 8 heteroatoms. The van der Waals surface area contributed by atoms with E-state index in [9.17, 15) is 5.26 Å². The molecule has 0 bridgehead atoms. The summed E-state index contributed by atoms with van der Waals surface area (Å²) in [7, 11) is 4.68. The number of ether oxygens (including phenoxy) is 4. The van der Waals surface area contributed by atoms with Gasteiger partial charge in [-0.15, -0.1) is 5.10 Å². The highest BCUT2D eigenvalue weighted by Gasteiger charge is 2.37. The second-order valence-corrected chi connectivity index (χ2v) is 6.40. The standard InChI is InChI=1S/C20H24N4O4/c1-5-6-7-13-18-17(12(10-21)19(22)28-20(18)24-23-13)11-8-15(26-3)16(27-4)9-14(11)25-2/h8-9,17H,5-7,22H2,1-4H3,(H,23,24)/t17-/m1/s1. The van der Waals surface area contributed by atoms with E-state index in [0.717, 1.165) is 36.1 Å². The van der Waals surface area contributed by atoms with Crippen LogP contribution in [0.2, 0.25) is 0 Å². The normalized spacial score (nSPS) is 15.5. The van der Waals surface area contributed by atoms with Crippen molar-refractivity contribution in [3.63, 3.8) is 0 Å². The largest absolute Gasteiger partial charge is 0.496 e. The molecule has 0 radical (unpaired) electrons. The molecule has 1 atom stereocenters. The molecule has 0 aliphatic carbocycles. The lowest BCUT2D eigenvalue weighted by atomic mass is 9.82. The maximum atomic E-state index is 9.82. The van der Waals surface area contributed by atoms with Crippen molar-refractivity contribution in [2.24, 2.45) is 5.73 Å². The number of hydrogen-bond donors (Lipinski definition) is 2. The topological polar surface area (TPSA) is 115 Å². The fourth-order valence-electron chi connectivity index (χ4n) is 3.44. The van der Waals surface area contributed by atoms with Crippen LogP contribution >= 0.6 is 0 Å². The molecule has 0 saturated heterocycles. The predicted molar refractivity (Wildman–Crippen MR) is 103 cm³/mol. The Morgan fingerprint density at radius 3 is 2.46 bits per heavy atom. The number of allylic oxidation sites excluding steroid dienone is 1. The number of nitrogens with zero attached hydrogens (tertiary/aromatic N) is 2. The number of hydrogen-bond acceptors (Lipinski definition) is 7. The Labute approximate surface area is 163 Å². The van der Waals surface area contributed by atoms with Crippen molar-refractivity contribution in [3.05, 3.63) is 40.4 Å². The second-order valence-electron chi connectivity index (χ2n) is 6.40. The van der Waals surface area contributed by atoms with E-state index in [0.29, 0.717) is 28.7 Å². The van der Waals surface area contributed by atoms with Gasteiger partial charge in [-0.3, -0.25) is 5.10 Å². The van der Waals surface area contributed by atoms with Gasteiger partial charge < -0.3 is 24.7 Å². The van der Waals surface area contributed by atoms with Crippen LogP contribution < -0.4 is 24.7 Å². The first-order valence-corrected chi connectivity index (χ1v) is 9.04. The van der Waals surface area contributed by atoms with E-state index in [1.807, 2.05) is 0 Å². The van der Waals surface area contributed by atoms with Crippen LogP contribution in [0.3, 0.4) is 0 Å². The third-order valence-corrected chi connectivity index (χ3v) is 4.85. The third kappa shape index (κ3) is 3.20. The molecule has 1 aliphatic rings. The van der Waals surface area contributed by atoms with Gasteiger partial charge in [-0.25, -0.2) is 0 Å². The number of unbranched alkanes of at least 4 members (excludes halogenated alkanes) is 1. The molecule has 2 aromatic rings. The Bertz CT molecular complexity index is 942. The van der Waals surface area contributed by atoms with Gasteiger partial charge in [-0.1, -0.05) is 13.3 Å². The molecule has 3 N–H and O–H groups in total. The van der Waals surface area contributed by atoms with Crippen LogP contribution in [0.25, 0.3) is 0 Å². The van der Waals surface area contributed by atoms with Crippen molar-refractivity contribution in [1.29, 1.82) is 5.26 Å². The number of nitrogens with two attached hydrogens (primary N) is 1. The molecule has 0 unspecified atom stereocenters. The zero-order chi connectivity index (χ0) is 20.3. The quantitative estimate of drug-likeness (QED) is 0.754. The zero-order valence-electron chi connectivity index (χ0n) is 16.5. The molecule has 0 amide bonds. The molecule has 148 valence electrons. The summed E-state index contributed by atoms with van der Waals surface area (Å²) in [4.78, 5) is 0. The molecular weight excluding hydrogens is 360 g/mol. The van der Waals surface area contributed by atoms with E-state index < -0.39 is 5.92 Å². The molecular formula is C20H24N4O4. The Morgan fingerprint density at radius 1 is 1.18 bits per heavy atom. The Kier molecular flexibility index (Phi) is 5.64. The second kappa shape index (κ2) is 8.13. The van der Waals surface area contributed by atoms with Gasteiger partial charge in [-0.05, 0) is 18.9 Å². The minimum atomic E-state index is -0.492. The summed E-state index contributed by atoms with van der Waals surface area (Å²) in [6.45, 7) is 2.12. The summed E-state index contributed by atoms with van der Waals surface area (Å²) in [5.41, 5.74) is 8.78. The van der Waals surface area contributed by atoms with Crippen molar-refractivity contribution < 1.29 is 18.9 Å². The van der Waals surface area contributed by atoms with Gasteiger partial charge in [0.05, 0.1) is 32.8 Å². The summed E-state index contributed by atoms with van der Waals surface area (Å²) in [6, 6.07) is 5.73. The number of rotatable bonds is 7. The molecule has 3 rings (SSSR count). The smallest absolute Gasteiger partial charge is 0.244 e. The number of H-pyrrole nitrogens is 1. The lowest BCUT2D eigenvalue weighted by Crippen LogP contribution is -2.21. The number of aromatic amines is 1. The summed E-state index contributed by atoms with van der Waals surface area (Å²) in [5, 5.41) is 17.1. The number of nitriles is 1. The van der Waals surface area contributed by atoms with Gasteiger partial charge in [0.25, 0.3) is 0 Å². The molecule has 28 heavy (non-hydrogen) atoms. The van der Waals surface area contributed by atoms with Crippen molar-refractivity contribution in [3.8, 4) is 29.2 Å². The van der Waals surface area contributed by atoms with Crippen LogP contribution in [0.1, 0.15) is 42.5 Å². The molecule has 0 fully saturated rings. The number of aromatic nitrogens is 2. The van der Waals surface area contributed by atoms with Crippen LogP contribution in [0.5, 0.6) is 23.1 Å². The summed E-state index contributed by atoms with van der Waals surface area (Å²) in [5.74, 6) is 1.53. The molecule has 0 spiro atoms. The molecule has 2 heterocycles. The van der Waals surface area contributed by atoms with E-state index in [1.54, 1.807) is 33.5 Å². The Morgan fingerprint density at radius 2 is 1.86 bits per heavy atom. The van der Waals surface area contributed by atoms with Crippen LogP contribution in [0, 0.1) is 11.3 Å². The maximum Gasteiger partial charge on any atom is 0.244 e. The monoisotopic (exact) mass is 384 g/mol. The fraction of sp³-hybridized carbons (Fsp3) is 0.400. The van der Waals surface area contributed by atoms with E-state index in [-0.39, 0.29) is 5.88 Å². The number of aryl methyl sites for hydroxylation is 1. The first kappa shape index (κ1) is 19.4. The minimum Gasteiger partial charge on any atom is -0.496 e. The predicted octanol–water partition coefficient (Wildman–Crippen LogP) is 3.00. The maximum absolute atomic E-state index is 9.82. The van der Waals surface area contributed by atoms with Crippen molar-refractivity contribution >= 4 is 0 Å². The average Bonchev–Trinajstić information content (AvgIpc) is 3.12. The fourth-order valence-corrected chi connectivity index (χ4v) is 3.44. The van der Waals surface area contributed by atoms with E-state index in [4.69, 9.17) is 24.7 Å². The van der Waals surface area contributed by atoms with Crippen LogP contribution in [0.15, 0.2) is 23.6 Å². The summed E-state index contributed by atoms with van der Waals surface area (Å²) >= 11 is 0. The van der Waals surface area contributed by atoms with Crippen LogP contribution in [-0.4, -0.2) is 31.5 Å². The Hall–Kier alpha value is -3.34. The van der Waals surface area contributed by atoms with Gasteiger partial charge in [0.15, 0.2) is 11.5 Å². The minimum absolute atomic E-state index is 0.0328. The van der Waals surface area contributed by atoms with Crippen LogP contribution in [0.4, 0.5) is 0 Å². The molecule has 1 aromatic carbocycles. The number of benzene rings is 1. The number of fused-ring (bicyclic) bond motifs is 1. The van der Waals surface area contributed by atoms with Gasteiger partial charge in [-0.2, -0.15) is 5.26 Å². The summed E-state index contributed by atoms with van der Waals surface area (Å²) < 4.78 is 22.1. The number of methoxy groups -OCH3 is 3. The van der Waals surface area contributed by atoms with Crippen molar-refractivity contribution in [2.45, 2.75) is 32.1 Å².